The van der Waals surface area contributed by atoms with E-state index in [4.69, 9.17) is 5.11 Å². The van der Waals surface area contributed by atoms with Crippen LogP contribution in [0.15, 0.2) is 24.5 Å². The maximum absolute atomic E-state index is 12.1. The molecule has 2 rings (SSSR count). The molecule has 0 fully saturated rings. The molecule has 1 unspecified atom stereocenters. The Morgan fingerprint density at radius 3 is 2.86 bits per heavy atom. The molecule has 1 atom stereocenters. The number of carbonyl (C=O) groups is 2. The highest BCUT2D eigenvalue weighted by Crippen LogP contribution is 2.19. The molecule has 0 radical (unpaired) electrons. The second-order valence-electron chi connectivity index (χ2n) is 4.37. The van der Waals surface area contributed by atoms with Crippen molar-refractivity contribution in [2.24, 2.45) is 7.05 Å². The lowest BCUT2D eigenvalue weighted by atomic mass is 10.3. The van der Waals surface area contributed by atoms with Crippen LogP contribution in [-0.2, 0) is 11.8 Å². The van der Waals surface area contributed by atoms with E-state index in [1.165, 1.54) is 17.4 Å². The number of aliphatic carboxylic acids is 1. The minimum absolute atomic E-state index is 0.231. The fourth-order valence-corrected chi connectivity index (χ4v) is 2.55. The number of thiophene rings is 1. The molecule has 0 aliphatic carbocycles. The number of amides is 1. The number of aromatic nitrogens is 3. The van der Waals surface area contributed by atoms with Gasteiger partial charge in [0.2, 0.25) is 0 Å². The van der Waals surface area contributed by atoms with Gasteiger partial charge in [-0.3, -0.25) is 4.79 Å². The Morgan fingerprint density at radius 1 is 1.48 bits per heavy atom. The summed E-state index contributed by atoms with van der Waals surface area (Å²) in [6.07, 6.45) is 4.06. The molecule has 0 aromatic carbocycles. The normalized spacial score (nSPS) is 12.5. The molecule has 8 heteroatoms. The number of hydrogen-bond acceptors (Lipinski definition) is 5. The van der Waals surface area contributed by atoms with Crippen molar-refractivity contribution in [2.75, 3.05) is 0 Å². The van der Waals surface area contributed by atoms with Gasteiger partial charge >= 0.3 is 5.97 Å². The van der Waals surface area contributed by atoms with Crippen LogP contribution in [0.1, 0.15) is 33.3 Å². The number of aryl methyl sites for hydroxylation is 1. The number of carboxylic acids is 1. The third kappa shape index (κ3) is 3.76. The second-order valence-corrected chi connectivity index (χ2v) is 5.48. The first-order valence-corrected chi connectivity index (χ1v) is 6.94. The van der Waals surface area contributed by atoms with Gasteiger partial charge in [0.15, 0.2) is 5.82 Å². The molecule has 1 amide bonds. The van der Waals surface area contributed by atoms with Gasteiger partial charge in [-0.15, -0.1) is 21.5 Å². The minimum Gasteiger partial charge on any atom is -0.478 e. The molecule has 0 bridgehead atoms. The molecule has 0 saturated heterocycles. The summed E-state index contributed by atoms with van der Waals surface area (Å²) in [7, 11) is 1.80. The standard InChI is InChI=1S/C13H14N4O3S/c1-8(12-16-14-7-17(12)2)15-13(20)10-5-3-9(21-10)4-6-11(18)19/h3-8H,1-2H3,(H,15,20)(H,18,19). The van der Waals surface area contributed by atoms with Gasteiger partial charge in [0, 0.05) is 18.0 Å². The molecule has 0 saturated carbocycles. The topological polar surface area (TPSA) is 97.1 Å². The third-order valence-corrected chi connectivity index (χ3v) is 3.77. The summed E-state index contributed by atoms with van der Waals surface area (Å²) in [6.45, 7) is 1.82. The average molecular weight is 306 g/mol. The Kier molecular flexibility index (Phi) is 4.49. The molecule has 0 spiro atoms. The summed E-state index contributed by atoms with van der Waals surface area (Å²) in [5, 5.41) is 19.1. The van der Waals surface area contributed by atoms with Crippen LogP contribution in [0.2, 0.25) is 0 Å². The summed E-state index contributed by atoms with van der Waals surface area (Å²) in [5.41, 5.74) is 0. The van der Waals surface area contributed by atoms with Crippen molar-refractivity contribution in [1.29, 1.82) is 0 Å². The Morgan fingerprint density at radius 2 is 2.24 bits per heavy atom. The number of rotatable bonds is 5. The van der Waals surface area contributed by atoms with Gasteiger partial charge in [-0.2, -0.15) is 0 Å². The van der Waals surface area contributed by atoms with Gasteiger partial charge in [-0.1, -0.05) is 0 Å². The van der Waals surface area contributed by atoms with Crippen LogP contribution in [0.4, 0.5) is 0 Å². The zero-order valence-corrected chi connectivity index (χ0v) is 12.3. The van der Waals surface area contributed by atoms with Crippen molar-refractivity contribution in [3.8, 4) is 0 Å². The summed E-state index contributed by atoms with van der Waals surface area (Å²) >= 11 is 1.22. The Hall–Kier alpha value is -2.48. The number of nitrogens with zero attached hydrogens (tertiary/aromatic N) is 3. The van der Waals surface area contributed by atoms with Crippen molar-refractivity contribution < 1.29 is 14.7 Å². The molecule has 7 nitrogen and oxygen atoms in total. The number of hydrogen-bond donors (Lipinski definition) is 2. The van der Waals surface area contributed by atoms with E-state index < -0.39 is 5.97 Å². The van der Waals surface area contributed by atoms with Crippen molar-refractivity contribution in [1.82, 2.24) is 20.1 Å². The summed E-state index contributed by atoms with van der Waals surface area (Å²) < 4.78 is 1.74. The number of nitrogens with one attached hydrogen (secondary N) is 1. The summed E-state index contributed by atoms with van der Waals surface area (Å²) in [5.74, 6) is -0.596. The van der Waals surface area contributed by atoms with Crippen LogP contribution in [0.3, 0.4) is 0 Å². The fraction of sp³-hybridized carbons (Fsp3) is 0.231. The lowest BCUT2D eigenvalue weighted by Crippen LogP contribution is -2.27. The maximum atomic E-state index is 12.1. The predicted molar refractivity (Wildman–Crippen MR) is 77.9 cm³/mol. The first-order chi connectivity index (χ1) is 9.97. The van der Waals surface area contributed by atoms with Gasteiger partial charge in [0.1, 0.15) is 6.33 Å². The highest BCUT2D eigenvalue weighted by Gasteiger charge is 2.16. The van der Waals surface area contributed by atoms with E-state index in [0.29, 0.717) is 15.6 Å². The summed E-state index contributed by atoms with van der Waals surface area (Å²) in [6, 6.07) is 3.09. The van der Waals surface area contributed by atoms with Crippen molar-refractivity contribution in [2.45, 2.75) is 13.0 Å². The zero-order valence-electron chi connectivity index (χ0n) is 11.5. The van der Waals surface area contributed by atoms with Gasteiger partial charge in [0.05, 0.1) is 10.9 Å². The highest BCUT2D eigenvalue weighted by molar-refractivity contribution is 7.14. The molecular formula is C13H14N4O3S. The van der Waals surface area contributed by atoms with E-state index >= 15 is 0 Å². The molecule has 2 heterocycles. The monoisotopic (exact) mass is 306 g/mol. The second kappa shape index (κ2) is 6.31. The van der Waals surface area contributed by atoms with Crippen LogP contribution < -0.4 is 5.32 Å². The van der Waals surface area contributed by atoms with Gasteiger partial charge < -0.3 is 15.0 Å². The third-order valence-electron chi connectivity index (χ3n) is 2.72. The molecule has 0 aliphatic rings. The quantitative estimate of drug-likeness (QED) is 0.815. The number of carboxylic acid groups (broad SMARTS) is 1. The molecule has 2 N–H and O–H groups in total. The van der Waals surface area contributed by atoms with E-state index in [-0.39, 0.29) is 11.9 Å². The van der Waals surface area contributed by atoms with E-state index in [0.717, 1.165) is 6.08 Å². The number of carbonyl (C=O) groups excluding carboxylic acids is 1. The largest absolute Gasteiger partial charge is 0.478 e. The van der Waals surface area contributed by atoms with Crippen LogP contribution in [0.5, 0.6) is 0 Å². The van der Waals surface area contributed by atoms with Crippen LogP contribution >= 0.6 is 11.3 Å². The van der Waals surface area contributed by atoms with Gasteiger partial charge in [-0.25, -0.2) is 4.79 Å². The predicted octanol–water partition coefficient (Wildman–Crippen LogP) is 1.47. The molecule has 21 heavy (non-hydrogen) atoms. The van der Waals surface area contributed by atoms with E-state index in [1.54, 1.807) is 30.1 Å². The first kappa shape index (κ1) is 14.9. The fourth-order valence-electron chi connectivity index (χ4n) is 1.73. The first-order valence-electron chi connectivity index (χ1n) is 6.13. The molecule has 110 valence electrons. The van der Waals surface area contributed by atoms with E-state index in [2.05, 4.69) is 15.5 Å². The average Bonchev–Trinajstić information content (AvgIpc) is 3.04. The Balaban J connectivity index is 2.04. The minimum atomic E-state index is -1.02. The van der Waals surface area contributed by atoms with Crippen LogP contribution in [0, 0.1) is 0 Å². The van der Waals surface area contributed by atoms with Crippen molar-refractivity contribution >= 4 is 29.3 Å². The van der Waals surface area contributed by atoms with Crippen LogP contribution in [0.25, 0.3) is 6.08 Å². The maximum Gasteiger partial charge on any atom is 0.328 e. The van der Waals surface area contributed by atoms with Crippen molar-refractivity contribution in [3.63, 3.8) is 0 Å². The zero-order chi connectivity index (χ0) is 15.4. The molecule has 2 aromatic heterocycles. The molecule has 2 aromatic rings. The van der Waals surface area contributed by atoms with Gasteiger partial charge in [0.25, 0.3) is 5.91 Å². The van der Waals surface area contributed by atoms with Crippen LogP contribution in [-0.4, -0.2) is 31.7 Å². The Labute approximate surface area is 124 Å². The van der Waals surface area contributed by atoms with E-state index in [9.17, 15) is 9.59 Å². The van der Waals surface area contributed by atoms with E-state index in [1.807, 2.05) is 6.92 Å². The SMILES string of the molecule is CC(NC(=O)c1ccc(C=CC(=O)O)s1)c1nncn1C. The lowest BCUT2D eigenvalue weighted by molar-refractivity contribution is -0.131. The molecule has 0 aliphatic heterocycles. The lowest BCUT2D eigenvalue weighted by Gasteiger charge is -2.11. The molecular weight excluding hydrogens is 292 g/mol. The van der Waals surface area contributed by atoms with Crippen molar-refractivity contribution in [3.05, 3.63) is 40.1 Å². The van der Waals surface area contributed by atoms with Gasteiger partial charge in [-0.05, 0) is 25.1 Å². The smallest absolute Gasteiger partial charge is 0.328 e. The highest BCUT2D eigenvalue weighted by atomic mass is 32.1. The Bertz CT molecular complexity index is 689. The summed E-state index contributed by atoms with van der Waals surface area (Å²) in [4.78, 5) is 23.8.